The van der Waals surface area contributed by atoms with E-state index in [1.807, 2.05) is 32.0 Å². The number of hydrogen-bond acceptors (Lipinski definition) is 5. The van der Waals surface area contributed by atoms with Crippen molar-refractivity contribution in [3.63, 3.8) is 0 Å². The van der Waals surface area contributed by atoms with Crippen LogP contribution in [0.15, 0.2) is 35.1 Å². The van der Waals surface area contributed by atoms with Crippen LogP contribution in [0, 0.1) is 12.8 Å². The van der Waals surface area contributed by atoms with E-state index in [0.717, 1.165) is 43.3 Å². The van der Waals surface area contributed by atoms with Crippen LogP contribution in [0.1, 0.15) is 31.2 Å². The normalized spacial score (nSPS) is 16.8. The van der Waals surface area contributed by atoms with E-state index in [4.69, 9.17) is 4.42 Å². The van der Waals surface area contributed by atoms with Crippen molar-refractivity contribution in [2.24, 2.45) is 5.92 Å². The third-order valence-corrected chi connectivity index (χ3v) is 4.41. The molecule has 0 spiro atoms. The van der Waals surface area contributed by atoms with Gasteiger partial charge in [-0.2, -0.15) is 0 Å². The molecule has 2 aromatic heterocycles. The van der Waals surface area contributed by atoms with E-state index in [0.29, 0.717) is 6.42 Å². The lowest BCUT2D eigenvalue weighted by Gasteiger charge is -2.31. The van der Waals surface area contributed by atoms with Crippen LogP contribution >= 0.6 is 0 Å². The minimum absolute atomic E-state index is 0.0603. The van der Waals surface area contributed by atoms with Gasteiger partial charge < -0.3 is 14.6 Å². The maximum absolute atomic E-state index is 12.4. The van der Waals surface area contributed by atoms with Crippen LogP contribution in [0.25, 0.3) is 0 Å². The molecule has 0 radical (unpaired) electrons. The quantitative estimate of drug-likeness (QED) is 0.912. The van der Waals surface area contributed by atoms with Gasteiger partial charge in [-0.15, -0.1) is 0 Å². The van der Waals surface area contributed by atoms with Gasteiger partial charge in [-0.1, -0.05) is 0 Å². The highest BCUT2D eigenvalue weighted by Gasteiger charge is 2.27. The van der Waals surface area contributed by atoms with Crippen LogP contribution in [0.4, 0.5) is 5.95 Å². The summed E-state index contributed by atoms with van der Waals surface area (Å²) < 4.78 is 5.33. The first kappa shape index (κ1) is 16.5. The summed E-state index contributed by atoms with van der Waals surface area (Å²) >= 11 is 0. The molecule has 3 heterocycles. The van der Waals surface area contributed by atoms with Crippen LogP contribution in [0.2, 0.25) is 0 Å². The molecule has 1 N–H and O–H groups in total. The Morgan fingerprint density at radius 3 is 2.88 bits per heavy atom. The number of aromatic nitrogens is 2. The smallest absolute Gasteiger partial charge is 0.225 e. The monoisotopic (exact) mass is 328 g/mol. The van der Waals surface area contributed by atoms with Gasteiger partial charge in [0.25, 0.3) is 0 Å². The molecule has 1 aliphatic heterocycles. The summed E-state index contributed by atoms with van der Waals surface area (Å²) in [4.78, 5) is 23.4. The second-order valence-corrected chi connectivity index (χ2v) is 6.45. The summed E-state index contributed by atoms with van der Waals surface area (Å²) in [5.74, 6) is 1.86. The highest BCUT2D eigenvalue weighted by atomic mass is 16.3. The number of furan rings is 1. The Bertz CT molecular complexity index is 663. The molecule has 0 bridgehead atoms. The van der Waals surface area contributed by atoms with Gasteiger partial charge in [0, 0.05) is 43.4 Å². The van der Waals surface area contributed by atoms with E-state index >= 15 is 0 Å². The van der Waals surface area contributed by atoms with Crippen LogP contribution in [-0.4, -0.2) is 35.0 Å². The molecule has 0 aliphatic carbocycles. The van der Waals surface area contributed by atoms with E-state index in [-0.39, 0.29) is 17.9 Å². The first-order valence-electron chi connectivity index (χ1n) is 8.49. The van der Waals surface area contributed by atoms with Crippen molar-refractivity contribution in [3.05, 3.63) is 42.1 Å². The van der Waals surface area contributed by atoms with E-state index < -0.39 is 0 Å². The van der Waals surface area contributed by atoms with Gasteiger partial charge in [-0.25, -0.2) is 9.97 Å². The van der Waals surface area contributed by atoms with Crippen molar-refractivity contribution in [2.75, 3.05) is 18.0 Å². The van der Waals surface area contributed by atoms with Gasteiger partial charge >= 0.3 is 0 Å². The molecule has 0 saturated carbocycles. The zero-order chi connectivity index (χ0) is 16.9. The summed E-state index contributed by atoms with van der Waals surface area (Å²) in [6, 6.07) is 5.77. The lowest BCUT2D eigenvalue weighted by atomic mass is 9.95. The summed E-state index contributed by atoms with van der Waals surface area (Å²) in [5, 5.41) is 3.10. The Morgan fingerprint density at radius 2 is 2.21 bits per heavy atom. The Morgan fingerprint density at radius 1 is 1.42 bits per heavy atom. The van der Waals surface area contributed by atoms with Gasteiger partial charge in [-0.05, 0) is 44.9 Å². The number of anilines is 1. The highest BCUT2D eigenvalue weighted by Crippen LogP contribution is 2.21. The highest BCUT2D eigenvalue weighted by molar-refractivity contribution is 5.79. The topological polar surface area (TPSA) is 71.3 Å². The first-order chi connectivity index (χ1) is 11.6. The van der Waals surface area contributed by atoms with Crippen molar-refractivity contribution in [2.45, 2.75) is 39.2 Å². The van der Waals surface area contributed by atoms with E-state index in [1.54, 1.807) is 12.5 Å². The third kappa shape index (κ3) is 4.13. The van der Waals surface area contributed by atoms with Crippen LogP contribution in [0.3, 0.4) is 0 Å². The number of hydrogen-bond donors (Lipinski definition) is 1. The minimum Gasteiger partial charge on any atom is -0.469 e. The maximum Gasteiger partial charge on any atom is 0.225 e. The fourth-order valence-corrected chi connectivity index (χ4v) is 3.07. The molecule has 24 heavy (non-hydrogen) atoms. The summed E-state index contributed by atoms with van der Waals surface area (Å²) in [7, 11) is 0. The van der Waals surface area contributed by atoms with E-state index in [1.165, 1.54) is 0 Å². The maximum atomic E-state index is 12.4. The molecule has 1 amide bonds. The Kier molecular flexibility index (Phi) is 5.13. The fraction of sp³-hybridized carbons (Fsp3) is 0.500. The summed E-state index contributed by atoms with van der Waals surface area (Å²) in [6.07, 6.45) is 5.82. The predicted molar refractivity (Wildman–Crippen MR) is 91.7 cm³/mol. The van der Waals surface area contributed by atoms with E-state index in [2.05, 4.69) is 20.2 Å². The van der Waals surface area contributed by atoms with Crippen LogP contribution in [-0.2, 0) is 11.2 Å². The summed E-state index contributed by atoms with van der Waals surface area (Å²) in [5.41, 5.74) is 0.964. The second kappa shape index (κ2) is 7.47. The zero-order valence-corrected chi connectivity index (χ0v) is 14.2. The molecule has 2 aromatic rings. The zero-order valence-electron chi connectivity index (χ0n) is 14.2. The van der Waals surface area contributed by atoms with Gasteiger partial charge in [0.1, 0.15) is 5.76 Å². The number of aryl methyl sites for hydroxylation is 1. The summed E-state index contributed by atoms with van der Waals surface area (Å²) in [6.45, 7) is 5.60. The Labute approximate surface area is 142 Å². The third-order valence-electron chi connectivity index (χ3n) is 4.41. The molecule has 0 aromatic carbocycles. The molecule has 1 atom stereocenters. The molecule has 1 fully saturated rings. The number of nitrogens with one attached hydrogen (secondary N) is 1. The minimum atomic E-state index is 0.0603. The van der Waals surface area contributed by atoms with Crippen LogP contribution < -0.4 is 10.2 Å². The Hall–Kier alpha value is -2.37. The van der Waals surface area contributed by atoms with Crippen molar-refractivity contribution in [3.8, 4) is 0 Å². The SMILES string of the molecule is Cc1ccnc(N2CCC(C(=O)N[C@@H](C)Cc3ccco3)CC2)n1. The predicted octanol–water partition coefficient (Wildman–Crippen LogP) is 2.34. The fourth-order valence-electron chi connectivity index (χ4n) is 3.07. The Balaban J connectivity index is 1.48. The average molecular weight is 328 g/mol. The molecule has 3 rings (SSSR count). The van der Waals surface area contributed by atoms with Crippen molar-refractivity contribution >= 4 is 11.9 Å². The van der Waals surface area contributed by atoms with Gasteiger partial charge in [-0.3, -0.25) is 4.79 Å². The average Bonchev–Trinajstić information content (AvgIpc) is 3.07. The number of piperidine rings is 1. The van der Waals surface area contributed by atoms with Crippen molar-refractivity contribution < 1.29 is 9.21 Å². The van der Waals surface area contributed by atoms with Crippen LogP contribution in [0.5, 0.6) is 0 Å². The van der Waals surface area contributed by atoms with Gasteiger partial charge in [0.15, 0.2) is 0 Å². The molecule has 0 unspecified atom stereocenters. The number of rotatable bonds is 5. The molecular weight excluding hydrogens is 304 g/mol. The lowest BCUT2D eigenvalue weighted by molar-refractivity contribution is -0.126. The van der Waals surface area contributed by atoms with Gasteiger partial charge in [0.2, 0.25) is 11.9 Å². The molecule has 1 aliphatic rings. The molecule has 128 valence electrons. The standard InChI is InChI=1S/C18H24N4O2/c1-13-5-8-19-18(21-13)22-9-6-15(7-10-22)17(23)20-14(2)12-16-4-3-11-24-16/h3-5,8,11,14-15H,6-7,9-10,12H2,1-2H3,(H,20,23)/t14-/m0/s1. The first-order valence-corrected chi connectivity index (χ1v) is 8.49. The largest absolute Gasteiger partial charge is 0.469 e. The molecule has 6 heteroatoms. The van der Waals surface area contributed by atoms with Gasteiger partial charge in [0.05, 0.1) is 6.26 Å². The molecule has 6 nitrogen and oxygen atoms in total. The number of carbonyl (C=O) groups excluding carboxylic acids is 1. The van der Waals surface area contributed by atoms with Crippen molar-refractivity contribution in [1.29, 1.82) is 0 Å². The molecular formula is C18H24N4O2. The lowest BCUT2D eigenvalue weighted by Crippen LogP contribution is -2.44. The number of carbonyl (C=O) groups is 1. The number of nitrogens with zero attached hydrogens (tertiary/aromatic N) is 3. The van der Waals surface area contributed by atoms with Crippen molar-refractivity contribution in [1.82, 2.24) is 15.3 Å². The number of amides is 1. The van der Waals surface area contributed by atoms with E-state index in [9.17, 15) is 4.79 Å². The molecule has 1 saturated heterocycles. The second-order valence-electron chi connectivity index (χ2n) is 6.45.